The lowest BCUT2D eigenvalue weighted by Gasteiger charge is -2.59. The zero-order valence-electron chi connectivity index (χ0n) is 27.2. The number of thioether (sulfide) groups is 1. The van der Waals surface area contributed by atoms with E-state index in [-0.39, 0.29) is 25.2 Å². The molecule has 2 saturated heterocycles. The van der Waals surface area contributed by atoms with Gasteiger partial charge in [0, 0.05) is 59.3 Å². The van der Waals surface area contributed by atoms with Crippen molar-refractivity contribution in [3.05, 3.63) is 52.1 Å². The number of aromatic hydroxyl groups is 1. The van der Waals surface area contributed by atoms with E-state index >= 15 is 0 Å². The summed E-state index contributed by atoms with van der Waals surface area (Å²) in [6.45, 7) is 11.1. The molecule has 0 radical (unpaired) electrons. The lowest BCUT2D eigenvalue weighted by Crippen LogP contribution is -2.68. The van der Waals surface area contributed by atoms with Crippen LogP contribution in [0.1, 0.15) is 52.4 Å². The van der Waals surface area contributed by atoms with Crippen LogP contribution in [0.15, 0.2) is 18.7 Å². The van der Waals surface area contributed by atoms with Crippen LogP contribution < -0.4 is 24.7 Å². The van der Waals surface area contributed by atoms with Gasteiger partial charge in [-0.25, -0.2) is 0 Å². The molecule has 47 heavy (non-hydrogen) atoms. The third kappa shape index (κ3) is 5.37. The van der Waals surface area contributed by atoms with Crippen LogP contribution in [-0.2, 0) is 20.7 Å². The van der Waals surface area contributed by atoms with Crippen LogP contribution in [0.2, 0.25) is 0 Å². The van der Waals surface area contributed by atoms with Crippen molar-refractivity contribution in [1.82, 2.24) is 9.80 Å². The molecule has 0 aliphatic carbocycles. The number of aryl methyl sites for hydroxylation is 1. The number of carbonyl (C=O) groups is 2. The van der Waals surface area contributed by atoms with Crippen LogP contribution >= 0.6 is 11.8 Å². The topological polar surface area (TPSA) is 157 Å². The van der Waals surface area contributed by atoms with Crippen molar-refractivity contribution in [2.45, 2.75) is 70.4 Å². The average molecular weight is 665 g/mol. The van der Waals surface area contributed by atoms with Crippen LogP contribution in [0.25, 0.3) is 0 Å². The van der Waals surface area contributed by atoms with Gasteiger partial charge in [-0.15, -0.1) is 6.58 Å². The number of piperazine rings is 1. The Morgan fingerprint density at radius 3 is 2.60 bits per heavy atom. The highest BCUT2D eigenvalue weighted by atomic mass is 32.2. The SMILES string of the molecule is C=CCN1C2c3c(cc(C)c(OC)c3O)CC1[C@H](C#N)N1C2CSCC(N)C(=O)OC[C@H]1c1c(C)c(OC(C)=O)c(C)c2c1OCO2. The molecule has 3 N–H and O–H groups in total. The number of benzene rings is 2. The summed E-state index contributed by atoms with van der Waals surface area (Å²) < 4.78 is 29.3. The number of hydrogen-bond acceptors (Lipinski definition) is 13. The first-order chi connectivity index (χ1) is 22.5. The van der Waals surface area contributed by atoms with Crippen molar-refractivity contribution < 1.29 is 38.4 Å². The molecule has 0 amide bonds. The normalized spacial score (nSPS) is 27.1. The first-order valence-electron chi connectivity index (χ1n) is 15.6. The van der Waals surface area contributed by atoms with Gasteiger partial charge >= 0.3 is 11.9 Å². The number of methoxy groups -OCH3 is 1. The molecule has 2 aromatic rings. The minimum atomic E-state index is -0.865. The molecule has 4 unspecified atom stereocenters. The zero-order chi connectivity index (χ0) is 33.7. The van der Waals surface area contributed by atoms with Gasteiger partial charge in [-0.1, -0.05) is 12.1 Å². The molecule has 2 aromatic carbocycles. The van der Waals surface area contributed by atoms with Gasteiger partial charge in [0.05, 0.1) is 25.3 Å². The first kappa shape index (κ1) is 33.0. The van der Waals surface area contributed by atoms with E-state index in [9.17, 15) is 20.0 Å². The van der Waals surface area contributed by atoms with Crippen LogP contribution in [-0.4, -0.2) is 89.6 Å². The number of phenolic OH excluding ortho intramolecular Hbond substituents is 1. The Balaban J connectivity index is 1.63. The van der Waals surface area contributed by atoms with E-state index in [1.165, 1.54) is 25.8 Å². The Morgan fingerprint density at radius 1 is 1.17 bits per heavy atom. The Morgan fingerprint density at radius 2 is 1.91 bits per heavy atom. The number of carbonyl (C=O) groups excluding carboxylic acids is 2. The molecule has 2 fully saturated rings. The Kier molecular flexibility index (Phi) is 9.06. The number of nitriles is 1. The number of esters is 2. The number of fused-ring (bicyclic) bond motifs is 7. The lowest BCUT2D eigenvalue weighted by molar-refractivity contribution is -0.149. The molecule has 12 nitrogen and oxygen atoms in total. The average Bonchev–Trinajstić information content (AvgIpc) is 3.51. The summed E-state index contributed by atoms with van der Waals surface area (Å²) in [5.74, 6) is 1.39. The van der Waals surface area contributed by atoms with Gasteiger partial charge in [0.25, 0.3) is 0 Å². The van der Waals surface area contributed by atoms with Crippen molar-refractivity contribution in [2.75, 3.05) is 38.6 Å². The number of ether oxygens (including phenoxy) is 5. The zero-order valence-corrected chi connectivity index (χ0v) is 28.0. The molecular formula is C34H40N4O8S. The Labute approximate surface area is 278 Å². The highest BCUT2D eigenvalue weighted by Crippen LogP contribution is 2.55. The van der Waals surface area contributed by atoms with Gasteiger partial charge in [0.2, 0.25) is 6.79 Å². The van der Waals surface area contributed by atoms with E-state index in [1.807, 2.05) is 26.0 Å². The van der Waals surface area contributed by atoms with Gasteiger partial charge in [-0.2, -0.15) is 17.0 Å². The van der Waals surface area contributed by atoms with Gasteiger partial charge in [-0.05, 0) is 38.3 Å². The lowest BCUT2D eigenvalue weighted by atomic mass is 9.75. The highest BCUT2D eigenvalue weighted by molar-refractivity contribution is 7.99. The van der Waals surface area contributed by atoms with Crippen LogP contribution in [0.4, 0.5) is 0 Å². The maximum absolute atomic E-state index is 13.1. The maximum Gasteiger partial charge on any atom is 0.323 e. The van der Waals surface area contributed by atoms with Crippen molar-refractivity contribution >= 4 is 23.7 Å². The standard InChI is InChI=1S/C34H40N4O8S/c1-7-8-37-22-10-20-9-16(2)30(42-6)29(40)27(20)28(37)25-14-47-13-21(36)34(41)43-12-24(38(25)23(22)11-35)26-17(3)31(46-19(5)39)18(4)32-33(26)45-15-44-32/h7,9,21-25,28,40H,1,8,10,12-15,36H2,2-6H3/t21?,22?,23-,24-,25?,28?/m0/s1. The molecule has 4 heterocycles. The van der Waals surface area contributed by atoms with E-state index in [1.54, 1.807) is 6.92 Å². The summed E-state index contributed by atoms with van der Waals surface area (Å²) >= 11 is 1.49. The second-order valence-electron chi connectivity index (χ2n) is 12.4. The van der Waals surface area contributed by atoms with Crippen molar-refractivity contribution in [2.24, 2.45) is 5.73 Å². The molecule has 2 bridgehead atoms. The van der Waals surface area contributed by atoms with E-state index in [2.05, 4.69) is 22.4 Å². The highest BCUT2D eigenvalue weighted by Gasteiger charge is 2.55. The minimum absolute atomic E-state index is 0.0523. The van der Waals surface area contributed by atoms with Crippen LogP contribution in [0.5, 0.6) is 28.7 Å². The summed E-state index contributed by atoms with van der Waals surface area (Å²) in [4.78, 5) is 29.7. The minimum Gasteiger partial charge on any atom is -0.504 e. The van der Waals surface area contributed by atoms with E-state index in [0.717, 1.165) is 16.7 Å². The van der Waals surface area contributed by atoms with Gasteiger partial charge in [0.1, 0.15) is 24.4 Å². The maximum atomic E-state index is 13.1. The second kappa shape index (κ2) is 12.9. The predicted molar refractivity (Wildman–Crippen MR) is 174 cm³/mol. The van der Waals surface area contributed by atoms with Crippen LogP contribution in [0.3, 0.4) is 0 Å². The number of rotatable bonds is 5. The smallest absolute Gasteiger partial charge is 0.323 e. The van der Waals surface area contributed by atoms with Crippen molar-refractivity contribution in [3.8, 4) is 34.8 Å². The summed E-state index contributed by atoms with van der Waals surface area (Å²) in [6.07, 6.45) is 2.29. The molecule has 4 aliphatic heterocycles. The van der Waals surface area contributed by atoms with Crippen molar-refractivity contribution in [1.29, 1.82) is 5.26 Å². The third-order valence-corrected chi connectivity index (χ3v) is 10.8. The number of phenols is 1. The summed E-state index contributed by atoms with van der Waals surface area (Å²) in [6, 6.07) is 1.25. The molecule has 4 aliphatic rings. The first-order valence-corrected chi connectivity index (χ1v) is 16.7. The molecule has 6 atom stereocenters. The molecule has 0 saturated carbocycles. The monoisotopic (exact) mass is 664 g/mol. The number of nitrogens with zero attached hydrogens (tertiary/aromatic N) is 3. The third-order valence-electron chi connectivity index (χ3n) is 9.68. The Bertz CT molecular complexity index is 1670. The fourth-order valence-electron chi connectivity index (χ4n) is 7.87. The molecular weight excluding hydrogens is 624 g/mol. The van der Waals surface area contributed by atoms with Crippen molar-refractivity contribution in [3.63, 3.8) is 0 Å². The largest absolute Gasteiger partial charge is 0.504 e. The molecule has 250 valence electrons. The molecule has 13 heteroatoms. The predicted octanol–water partition coefficient (Wildman–Crippen LogP) is 3.37. The van der Waals surface area contributed by atoms with Gasteiger partial charge < -0.3 is 34.5 Å². The summed E-state index contributed by atoms with van der Waals surface area (Å²) in [7, 11) is 1.54. The Hall–Kier alpha value is -3.96. The van der Waals surface area contributed by atoms with E-state index < -0.39 is 42.1 Å². The van der Waals surface area contributed by atoms with E-state index in [4.69, 9.17) is 29.4 Å². The number of nitrogens with two attached hydrogens (primary N) is 1. The second-order valence-corrected chi connectivity index (χ2v) is 13.5. The fourth-order valence-corrected chi connectivity index (χ4v) is 8.99. The molecule has 0 spiro atoms. The van der Waals surface area contributed by atoms with Gasteiger partial charge in [0.15, 0.2) is 23.0 Å². The van der Waals surface area contributed by atoms with Gasteiger partial charge in [-0.3, -0.25) is 19.4 Å². The summed E-state index contributed by atoms with van der Waals surface area (Å²) in [5.41, 5.74) is 10.6. The molecule has 6 rings (SSSR count). The molecule has 0 aromatic heterocycles. The van der Waals surface area contributed by atoms with E-state index in [0.29, 0.717) is 64.2 Å². The number of cyclic esters (lactones) is 1. The summed E-state index contributed by atoms with van der Waals surface area (Å²) in [5, 5.41) is 22.8. The quantitative estimate of drug-likeness (QED) is 0.273. The van der Waals surface area contributed by atoms with Crippen LogP contribution in [0, 0.1) is 32.1 Å². The fraction of sp³-hybridized carbons (Fsp3) is 0.500. The number of hydrogen-bond donors (Lipinski definition) is 2.